The van der Waals surface area contributed by atoms with Crippen LogP contribution in [0.5, 0.6) is 0 Å². The second kappa shape index (κ2) is 9.49. The first-order valence-corrected chi connectivity index (χ1v) is 13.1. The van der Waals surface area contributed by atoms with Crippen molar-refractivity contribution in [3.63, 3.8) is 0 Å². The van der Waals surface area contributed by atoms with E-state index in [0.717, 1.165) is 24.8 Å². The van der Waals surface area contributed by atoms with E-state index < -0.39 is 23.7 Å². The van der Waals surface area contributed by atoms with Crippen LogP contribution in [0.25, 0.3) is 0 Å². The number of allylic oxidation sites excluding steroid dienone is 4. The number of carbonyl (C=O) groups is 1. The van der Waals surface area contributed by atoms with Crippen LogP contribution in [-0.4, -0.2) is 38.7 Å². The zero-order chi connectivity index (χ0) is 24.0. The quantitative estimate of drug-likeness (QED) is 0.327. The number of rotatable bonds is 6. The molecule has 4 rings (SSSR count). The molecule has 3 N–H and O–H groups in total. The Morgan fingerprint density at radius 1 is 1.12 bits per heavy atom. The molecule has 0 heterocycles. The van der Waals surface area contributed by atoms with E-state index in [4.69, 9.17) is 0 Å². The number of aliphatic hydroxyl groups excluding tert-OH is 3. The molecule has 0 aliphatic heterocycles. The number of thiol groups is 1. The average molecular weight is 473 g/mol. The summed E-state index contributed by atoms with van der Waals surface area (Å²) in [5, 5.41) is 30.7. The van der Waals surface area contributed by atoms with Gasteiger partial charge in [0.2, 0.25) is 0 Å². The van der Waals surface area contributed by atoms with E-state index in [1.54, 1.807) is 0 Å². The van der Waals surface area contributed by atoms with Crippen LogP contribution in [0.4, 0.5) is 0 Å². The fourth-order valence-electron chi connectivity index (χ4n) is 6.94. The molecular formula is C28H40O4S. The second-order valence-corrected chi connectivity index (χ2v) is 11.7. The summed E-state index contributed by atoms with van der Waals surface area (Å²) >= 11 is 3.99. The third kappa shape index (κ3) is 4.71. The van der Waals surface area contributed by atoms with E-state index >= 15 is 0 Å². The van der Waals surface area contributed by atoms with Gasteiger partial charge in [0.1, 0.15) is 0 Å². The van der Waals surface area contributed by atoms with Crippen molar-refractivity contribution >= 4 is 17.7 Å². The Morgan fingerprint density at radius 2 is 1.79 bits per heavy atom. The van der Waals surface area contributed by atoms with Crippen molar-refractivity contribution in [2.24, 2.45) is 28.6 Å². The zero-order valence-electron chi connectivity index (χ0n) is 20.0. The second-order valence-electron chi connectivity index (χ2n) is 11.3. The van der Waals surface area contributed by atoms with Crippen molar-refractivity contribution < 1.29 is 20.1 Å². The Kier molecular flexibility index (Phi) is 7.18. The number of carbonyl (C=O) groups excluding carboxylic acids is 1. The van der Waals surface area contributed by atoms with Gasteiger partial charge in [-0.05, 0) is 86.5 Å². The lowest BCUT2D eigenvalue weighted by molar-refractivity contribution is -0.118. The molecule has 4 aliphatic rings. The highest BCUT2D eigenvalue weighted by atomic mass is 32.1. The Labute approximate surface area is 204 Å². The summed E-state index contributed by atoms with van der Waals surface area (Å²) < 4.78 is 0. The largest absolute Gasteiger partial charge is 0.388 e. The third-order valence-corrected chi connectivity index (χ3v) is 9.80. The van der Waals surface area contributed by atoms with Crippen LogP contribution in [0, 0.1) is 28.6 Å². The Morgan fingerprint density at radius 3 is 2.39 bits per heavy atom. The lowest BCUT2D eigenvalue weighted by Gasteiger charge is -2.44. The first-order valence-electron chi connectivity index (χ1n) is 12.6. The SMILES string of the molecule is C=C1[C@H](O)CC(=C/C=C2\CCC[C@]3(C)[C@@H]([C@@H](C)/C=C/[C@H](O)C4(C(=O)S)CC4)CC[C@@H]23)C[C@H]1O. The Bertz CT molecular complexity index is 866. The Hall–Kier alpha value is -1.14. The highest BCUT2D eigenvalue weighted by Crippen LogP contribution is 2.59. The molecule has 0 bridgehead atoms. The molecular weight excluding hydrogens is 432 g/mol. The normalized spacial score (nSPS) is 38.9. The minimum absolute atomic E-state index is 0.196. The molecule has 4 saturated carbocycles. The van der Waals surface area contributed by atoms with Gasteiger partial charge in [0.15, 0.2) is 5.12 Å². The van der Waals surface area contributed by atoms with Crippen LogP contribution in [-0.2, 0) is 4.79 Å². The van der Waals surface area contributed by atoms with Crippen LogP contribution in [0.1, 0.15) is 71.6 Å². The van der Waals surface area contributed by atoms with Gasteiger partial charge in [0.25, 0.3) is 0 Å². The van der Waals surface area contributed by atoms with Gasteiger partial charge in [0, 0.05) is 0 Å². The molecule has 0 radical (unpaired) electrons. The fraction of sp³-hybridized carbons (Fsp3) is 0.679. The minimum Gasteiger partial charge on any atom is -0.388 e. The van der Waals surface area contributed by atoms with Gasteiger partial charge < -0.3 is 15.3 Å². The molecule has 7 atom stereocenters. The zero-order valence-corrected chi connectivity index (χ0v) is 20.9. The predicted molar refractivity (Wildman–Crippen MR) is 135 cm³/mol. The summed E-state index contributed by atoms with van der Waals surface area (Å²) in [5.41, 5.74) is 2.70. The predicted octanol–water partition coefficient (Wildman–Crippen LogP) is 4.92. The van der Waals surface area contributed by atoms with Crippen molar-refractivity contribution in [2.75, 3.05) is 0 Å². The number of hydrogen-bond donors (Lipinski definition) is 4. The standard InChI is InChI=1S/C28H40O4S/c1-17(6-11-25(31)28(13-14-28)26(32)33)21-9-10-22-20(5-4-12-27(21,22)3)8-7-19-15-23(29)18(2)24(30)16-19/h6-8,11,17,21-25,29-31H,2,4-5,9-10,12-16H2,1,3H3,(H,32,33)/b11-6+,20-8+/t17-,21+,22-,23+,24+,25-,27+/m0/s1. The van der Waals surface area contributed by atoms with E-state index in [0.29, 0.717) is 36.2 Å². The first-order chi connectivity index (χ1) is 15.6. The van der Waals surface area contributed by atoms with Gasteiger partial charge in [-0.15, -0.1) is 12.6 Å². The summed E-state index contributed by atoms with van der Waals surface area (Å²) in [7, 11) is 0. The summed E-state index contributed by atoms with van der Waals surface area (Å²) in [6.45, 7) is 8.49. The van der Waals surface area contributed by atoms with Crippen LogP contribution in [0.15, 0.2) is 47.6 Å². The Balaban J connectivity index is 1.46. The first kappa shape index (κ1) is 25.0. The van der Waals surface area contributed by atoms with Gasteiger partial charge in [-0.2, -0.15) is 0 Å². The molecule has 0 aromatic heterocycles. The monoisotopic (exact) mass is 472 g/mol. The topological polar surface area (TPSA) is 77.8 Å². The maximum atomic E-state index is 11.8. The molecule has 4 nitrogen and oxygen atoms in total. The van der Waals surface area contributed by atoms with Crippen LogP contribution in [0.3, 0.4) is 0 Å². The molecule has 0 aromatic carbocycles. The van der Waals surface area contributed by atoms with Crippen molar-refractivity contribution in [2.45, 2.75) is 89.9 Å². The summed E-state index contributed by atoms with van der Waals surface area (Å²) in [5.74, 6) is 1.44. The molecule has 0 saturated heterocycles. The third-order valence-electron chi connectivity index (χ3n) is 9.35. The summed E-state index contributed by atoms with van der Waals surface area (Å²) in [6.07, 6.45) is 14.8. The van der Waals surface area contributed by atoms with E-state index in [-0.39, 0.29) is 10.5 Å². The molecule has 33 heavy (non-hydrogen) atoms. The van der Waals surface area contributed by atoms with Crippen molar-refractivity contribution in [1.82, 2.24) is 0 Å². The van der Waals surface area contributed by atoms with Gasteiger partial charge in [-0.1, -0.05) is 55.9 Å². The highest BCUT2D eigenvalue weighted by molar-refractivity contribution is 7.96. The summed E-state index contributed by atoms with van der Waals surface area (Å²) in [4.78, 5) is 11.8. The number of aliphatic hydroxyl groups is 3. The van der Waals surface area contributed by atoms with Crippen molar-refractivity contribution in [1.29, 1.82) is 0 Å². The van der Waals surface area contributed by atoms with Gasteiger partial charge in [-0.25, -0.2) is 0 Å². The molecule has 0 aromatic rings. The molecule has 4 aliphatic carbocycles. The van der Waals surface area contributed by atoms with E-state index in [1.807, 2.05) is 6.08 Å². The highest BCUT2D eigenvalue weighted by Gasteiger charge is 2.53. The molecule has 4 fully saturated rings. The van der Waals surface area contributed by atoms with E-state index in [2.05, 4.69) is 51.3 Å². The van der Waals surface area contributed by atoms with Crippen LogP contribution >= 0.6 is 12.6 Å². The maximum absolute atomic E-state index is 11.8. The van der Waals surface area contributed by atoms with E-state index in [1.165, 1.54) is 31.3 Å². The van der Waals surface area contributed by atoms with Crippen LogP contribution in [0.2, 0.25) is 0 Å². The molecule has 0 unspecified atom stereocenters. The van der Waals surface area contributed by atoms with Crippen molar-refractivity contribution in [3.8, 4) is 0 Å². The molecule has 5 heteroatoms. The van der Waals surface area contributed by atoms with Crippen LogP contribution < -0.4 is 0 Å². The minimum atomic E-state index is -0.735. The number of hydrogen-bond acceptors (Lipinski definition) is 4. The summed E-state index contributed by atoms with van der Waals surface area (Å²) in [6, 6.07) is 0. The van der Waals surface area contributed by atoms with Gasteiger partial charge in [-0.3, -0.25) is 4.79 Å². The molecule has 0 amide bonds. The lowest BCUT2D eigenvalue weighted by atomic mass is 9.61. The molecule has 0 spiro atoms. The fourth-order valence-corrected chi connectivity index (χ4v) is 7.29. The number of fused-ring (bicyclic) bond motifs is 1. The van der Waals surface area contributed by atoms with Gasteiger partial charge >= 0.3 is 0 Å². The van der Waals surface area contributed by atoms with E-state index in [9.17, 15) is 20.1 Å². The molecule has 182 valence electrons. The van der Waals surface area contributed by atoms with Crippen molar-refractivity contribution in [3.05, 3.63) is 47.6 Å². The average Bonchev–Trinajstić information content (AvgIpc) is 3.51. The lowest BCUT2D eigenvalue weighted by Crippen LogP contribution is -2.35. The maximum Gasteiger partial charge on any atom is 0.194 e. The smallest absolute Gasteiger partial charge is 0.194 e. The van der Waals surface area contributed by atoms with Gasteiger partial charge in [0.05, 0.1) is 23.7 Å².